The van der Waals surface area contributed by atoms with Crippen LogP contribution in [0.25, 0.3) is 0 Å². The average molecular weight is 369 g/mol. The number of halogens is 4. The summed E-state index contributed by atoms with van der Waals surface area (Å²) in [5.41, 5.74) is -0.967. The molecule has 1 aliphatic heterocycles. The molecule has 2 aromatic carbocycles. The summed E-state index contributed by atoms with van der Waals surface area (Å²) in [6, 6.07) is 6.34. The van der Waals surface area contributed by atoms with Gasteiger partial charge < -0.3 is 15.1 Å². The van der Waals surface area contributed by atoms with Crippen LogP contribution in [-0.2, 0) is 5.60 Å². The molecule has 3 rings (SSSR count). The fourth-order valence-corrected chi connectivity index (χ4v) is 3.29. The average Bonchev–Trinajstić information content (AvgIpc) is 2.59. The van der Waals surface area contributed by atoms with Crippen LogP contribution in [0.4, 0.5) is 17.6 Å². The standard InChI is InChI=1S/C19H19F4NO2/c20-13-2-3-14(16(22)10-13)18(25)11-24-7-5-19(26,6-8-24)12-1-4-15(21)17(23)9-12/h1-4,9-10,18,25-26H,5-8,11H2/t18-/m1/s1. The molecule has 1 atom stereocenters. The molecule has 0 amide bonds. The maximum absolute atomic E-state index is 13.7. The summed E-state index contributed by atoms with van der Waals surface area (Å²) < 4.78 is 53.2. The van der Waals surface area contributed by atoms with E-state index in [1.165, 1.54) is 12.1 Å². The minimum absolute atomic E-state index is 0.00726. The van der Waals surface area contributed by atoms with Crippen molar-refractivity contribution in [2.24, 2.45) is 0 Å². The number of rotatable bonds is 4. The van der Waals surface area contributed by atoms with Crippen LogP contribution in [0.5, 0.6) is 0 Å². The molecule has 2 aromatic rings. The summed E-state index contributed by atoms with van der Waals surface area (Å²) in [7, 11) is 0. The van der Waals surface area contributed by atoms with Crippen LogP contribution >= 0.6 is 0 Å². The number of likely N-dealkylation sites (tertiary alicyclic amines) is 1. The number of aliphatic hydroxyl groups is 2. The Labute approximate surface area is 148 Å². The molecule has 1 aliphatic rings. The Morgan fingerprint density at radius 3 is 2.23 bits per heavy atom. The first-order valence-electron chi connectivity index (χ1n) is 8.32. The molecule has 7 heteroatoms. The van der Waals surface area contributed by atoms with E-state index in [-0.39, 0.29) is 24.9 Å². The Hall–Kier alpha value is -1.96. The van der Waals surface area contributed by atoms with Gasteiger partial charge in [0.25, 0.3) is 0 Å². The van der Waals surface area contributed by atoms with E-state index in [9.17, 15) is 27.8 Å². The highest BCUT2D eigenvalue weighted by atomic mass is 19.2. The van der Waals surface area contributed by atoms with Crippen molar-refractivity contribution in [3.8, 4) is 0 Å². The molecule has 1 fully saturated rings. The fraction of sp³-hybridized carbons (Fsp3) is 0.368. The van der Waals surface area contributed by atoms with Gasteiger partial charge in [0.15, 0.2) is 11.6 Å². The highest BCUT2D eigenvalue weighted by Crippen LogP contribution is 2.34. The van der Waals surface area contributed by atoms with Crippen LogP contribution in [-0.4, -0.2) is 34.7 Å². The van der Waals surface area contributed by atoms with Gasteiger partial charge in [-0.15, -0.1) is 0 Å². The Bertz CT molecular complexity index is 791. The summed E-state index contributed by atoms with van der Waals surface area (Å²) in [4.78, 5) is 1.84. The Balaban J connectivity index is 1.63. The molecule has 1 saturated heterocycles. The van der Waals surface area contributed by atoms with Gasteiger partial charge in [-0.25, -0.2) is 17.6 Å². The Morgan fingerprint density at radius 1 is 0.923 bits per heavy atom. The number of hydrogen-bond donors (Lipinski definition) is 2. The zero-order valence-electron chi connectivity index (χ0n) is 13.9. The van der Waals surface area contributed by atoms with Crippen molar-refractivity contribution in [1.29, 1.82) is 0 Å². The molecule has 0 saturated carbocycles. The molecule has 140 valence electrons. The highest BCUT2D eigenvalue weighted by Gasteiger charge is 2.35. The van der Waals surface area contributed by atoms with Gasteiger partial charge in [0.1, 0.15) is 11.6 Å². The van der Waals surface area contributed by atoms with Gasteiger partial charge in [0, 0.05) is 31.3 Å². The second-order valence-electron chi connectivity index (χ2n) is 6.64. The Kier molecular flexibility index (Phi) is 5.32. The molecule has 26 heavy (non-hydrogen) atoms. The van der Waals surface area contributed by atoms with Crippen LogP contribution in [0.2, 0.25) is 0 Å². The predicted octanol–water partition coefficient (Wildman–Crippen LogP) is 3.26. The van der Waals surface area contributed by atoms with Gasteiger partial charge in [-0.1, -0.05) is 12.1 Å². The second-order valence-corrected chi connectivity index (χ2v) is 6.64. The fourth-order valence-electron chi connectivity index (χ4n) is 3.29. The van der Waals surface area contributed by atoms with Gasteiger partial charge >= 0.3 is 0 Å². The third kappa shape index (κ3) is 3.90. The summed E-state index contributed by atoms with van der Waals surface area (Å²) in [5, 5.41) is 20.9. The Morgan fingerprint density at radius 2 is 1.62 bits per heavy atom. The summed E-state index contributed by atoms with van der Waals surface area (Å²) in [6.45, 7) is 0.890. The normalized spacial score (nSPS) is 18.7. The predicted molar refractivity (Wildman–Crippen MR) is 87.2 cm³/mol. The van der Waals surface area contributed by atoms with E-state index in [0.29, 0.717) is 18.7 Å². The molecule has 3 nitrogen and oxygen atoms in total. The van der Waals surface area contributed by atoms with E-state index >= 15 is 0 Å². The van der Waals surface area contributed by atoms with Crippen molar-refractivity contribution in [2.45, 2.75) is 24.5 Å². The molecular formula is C19H19F4NO2. The first kappa shape index (κ1) is 18.8. The van der Waals surface area contributed by atoms with Crippen LogP contribution in [0.3, 0.4) is 0 Å². The highest BCUT2D eigenvalue weighted by molar-refractivity contribution is 5.25. The maximum Gasteiger partial charge on any atom is 0.159 e. The quantitative estimate of drug-likeness (QED) is 0.813. The third-order valence-corrected chi connectivity index (χ3v) is 4.89. The van der Waals surface area contributed by atoms with Gasteiger partial charge in [-0.2, -0.15) is 0 Å². The molecular weight excluding hydrogens is 350 g/mol. The topological polar surface area (TPSA) is 43.7 Å². The van der Waals surface area contributed by atoms with Crippen LogP contribution < -0.4 is 0 Å². The minimum atomic E-state index is -1.28. The zero-order chi connectivity index (χ0) is 18.9. The number of hydrogen-bond acceptors (Lipinski definition) is 3. The number of benzene rings is 2. The van der Waals surface area contributed by atoms with Crippen LogP contribution in [0, 0.1) is 23.3 Å². The molecule has 0 radical (unpaired) electrons. The van der Waals surface area contributed by atoms with E-state index in [1.54, 1.807) is 0 Å². The molecule has 0 aromatic heterocycles. The van der Waals surface area contributed by atoms with Crippen molar-refractivity contribution in [3.63, 3.8) is 0 Å². The number of piperidine rings is 1. The SMILES string of the molecule is O[C@H](CN1CCC(O)(c2ccc(F)c(F)c2)CC1)c1ccc(F)cc1F. The molecule has 2 N–H and O–H groups in total. The monoisotopic (exact) mass is 369 g/mol. The van der Waals surface area contributed by atoms with E-state index < -0.39 is 35.0 Å². The van der Waals surface area contributed by atoms with E-state index in [1.807, 2.05) is 4.90 Å². The van der Waals surface area contributed by atoms with E-state index in [4.69, 9.17) is 0 Å². The molecule has 0 unspecified atom stereocenters. The van der Waals surface area contributed by atoms with E-state index in [0.717, 1.165) is 24.3 Å². The molecule has 1 heterocycles. The van der Waals surface area contributed by atoms with E-state index in [2.05, 4.69) is 0 Å². The lowest BCUT2D eigenvalue weighted by molar-refractivity contribution is -0.0349. The van der Waals surface area contributed by atoms with Crippen molar-refractivity contribution in [1.82, 2.24) is 4.90 Å². The third-order valence-electron chi connectivity index (χ3n) is 4.89. The summed E-state index contributed by atoms with van der Waals surface area (Å²) >= 11 is 0. The second kappa shape index (κ2) is 7.34. The minimum Gasteiger partial charge on any atom is -0.387 e. The molecule has 0 aliphatic carbocycles. The molecule has 0 spiro atoms. The number of aliphatic hydroxyl groups excluding tert-OH is 1. The summed E-state index contributed by atoms with van der Waals surface area (Å²) in [6.07, 6.45) is -0.613. The summed E-state index contributed by atoms with van der Waals surface area (Å²) in [5.74, 6) is -3.51. The number of nitrogens with zero attached hydrogens (tertiary/aromatic N) is 1. The van der Waals surface area contributed by atoms with Crippen LogP contribution in [0.1, 0.15) is 30.1 Å². The zero-order valence-corrected chi connectivity index (χ0v) is 13.9. The number of β-amino-alcohol motifs (C(OH)–C–C–N with tert-alkyl or cyclic N) is 1. The van der Waals surface area contributed by atoms with Crippen molar-refractivity contribution in [2.75, 3.05) is 19.6 Å². The van der Waals surface area contributed by atoms with Crippen molar-refractivity contribution < 1.29 is 27.8 Å². The first-order chi connectivity index (χ1) is 12.3. The van der Waals surface area contributed by atoms with Gasteiger partial charge in [-0.3, -0.25) is 0 Å². The maximum atomic E-state index is 13.7. The molecule has 0 bridgehead atoms. The lowest BCUT2D eigenvalue weighted by Crippen LogP contribution is -2.44. The lowest BCUT2D eigenvalue weighted by Gasteiger charge is -2.39. The van der Waals surface area contributed by atoms with Gasteiger partial charge in [-0.05, 0) is 36.6 Å². The van der Waals surface area contributed by atoms with Crippen molar-refractivity contribution >= 4 is 0 Å². The van der Waals surface area contributed by atoms with Gasteiger partial charge in [0.05, 0.1) is 11.7 Å². The lowest BCUT2D eigenvalue weighted by atomic mass is 9.84. The van der Waals surface area contributed by atoms with Gasteiger partial charge in [0.2, 0.25) is 0 Å². The van der Waals surface area contributed by atoms with Crippen LogP contribution in [0.15, 0.2) is 36.4 Å². The first-order valence-corrected chi connectivity index (χ1v) is 8.32. The largest absolute Gasteiger partial charge is 0.387 e. The van der Waals surface area contributed by atoms with Crippen molar-refractivity contribution in [3.05, 3.63) is 70.8 Å². The smallest absolute Gasteiger partial charge is 0.159 e.